The van der Waals surface area contributed by atoms with Crippen LogP contribution in [0.1, 0.15) is 23.8 Å². The van der Waals surface area contributed by atoms with Crippen LogP contribution in [0.2, 0.25) is 0 Å². The lowest BCUT2D eigenvalue weighted by atomic mass is 10.3. The second kappa shape index (κ2) is 7.38. The Morgan fingerprint density at radius 2 is 2.13 bits per heavy atom. The first kappa shape index (κ1) is 15.7. The highest BCUT2D eigenvalue weighted by molar-refractivity contribution is 7.15. The minimum atomic E-state index is -0.794. The van der Waals surface area contributed by atoms with Crippen molar-refractivity contribution in [3.05, 3.63) is 35.3 Å². The van der Waals surface area contributed by atoms with Gasteiger partial charge in [0.05, 0.1) is 0 Å². The average Bonchev–Trinajstić information content (AvgIpc) is 3.32. The summed E-state index contributed by atoms with van der Waals surface area (Å²) in [5, 5.41) is 24.4. The second-order valence-corrected chi connectivity index (χ2v) is 6.34. The topological polar surface area (TPSA) is 96.4 Å². The van der Waals surface area contributed by atoms with E-state index in [-0.39, 0.29) is 13.2 Å². The fourth-order valence-corrected chi connectivity index (χ4v) is 2.81. The zero-order valence-electron chi connectivity index (χ0n) is 12.4. The number of nitrogens with zero attached hydrogens (tertiary/aromatic N) is 2. The van der Waals surface area contributed by atoms with Gasteiger partial charge >= 0.3 is 6.03 Å². The number of aliphatic hydroxyl groups excluding tert-OH is 1. The van der Waals surface area contributed by atoms with Gasteiger partial charge in [-0.3, -0.25) is 5.32 Å². The minimum Gasteiger partial charge on any atom is -0.491 e. The summed E-state index contributed by atoms with van der Waals surface area (Å²) < 4.78 is 5.41. The first-order valence-electron chi connectivity index (χ1n) is 7.45. The van der Waals surface area contributed by atoms with Crippen LogP contribution in [0, 0.1) is 0 Å². The van der Waals surface area contributed by atoms with Crippen molar-refractivity contribution >= 4 is 22.5 Å². The lowest BCUT2D eigenvalue weighted by Gasteiger charge is -2.13. The van der Waals surface area contributed by atoms with Gasteiger partial charge in [0.2, 0.25) is 5.13 Å². The number of benzene rings is 1. The predicted molar refractivity (Wildman–Crippen MR) is 86.8 cm³/mol. The molecule has 23 heavy (non-hydrogen) atoms. The quantitative estimate of drug-likeness (QED) is 0.719. The molecule has 1 aromatic carbocycles. The van der Waals surface area contributed by atoms with Gasteiger partial charge in [0.25, 0.3) is 0 Å². The molecule has 7 nitrogen and oxygen atoms in total. The predicted octanol–water partition coefficient (Wildman–Crippen LogP) is 1.98. The van der Waals surface area contributed by atoms with Crippen molar-refractivity contribution in [2.75, 3.05) is 18.5 Å². The van der Waals surface area contributed by atoms with E-state index in [1.54, 1.807) is 12.1 Å². The highest BCUT2D eigenvalue weighted by Gasteiger charge is 2.27. The molecule has 1 aliphatic rings. The molecule has 122 valence electrons. The number of anilines is 1. The molecule has 0 aliphatic heterocycles. The average molecular weight is 334 g/mol. The summed E-state index contributed by atoms with van der Waals surface area (Å²) in [6.07, 6.45) is 1.50. The maximum absolute atomic E-state index is 11.8. The standard InChI is InChI=1S/C15H18N4O3S/c20-11(9-22-12-4-2-1-3-5-12)8-16-14(21)17-15-19-18-13(23-15)10-6-7-10/h1-5,10-11,20H,6-9H2,(H2,16,17,19,21)/t11-/m0/s1. The Morgan fingerprint density at radius 1 is 1.35 bits per heavy atom. The molecular formula is C15H18N4O3S. The van der Waals surface area contributed by atoms with Crippen LogP contribution in [0.4, 0.5) is 9.93 Å². The van der Waals surface area contributed by atoms with Gasteiger partial charge in [0, 0.05) is 12.5 Å². The van der Waals surface area contributed by atoms with E-state index >= 15 is 0 Å². The third-order valence-electron chi connectivity index (χ3n) is 3.27. The van der Waals surface area contributed by atoms with Gasteiger partial charge in [0.1, 0.15) is 23.5 Å². The Labute approximate surface area is 137 Å². The summed E-state index contributed by atoms with van der Waals surface area (Å²) in [6.45, 7) is 0.196. The van der Waals surface area contributed by atoms with Crippen LogP contribution in [0.15, 0.2) is 30.3 Å². The van der Waals surface area contributed by atoms with Crippen LogP contribution in [0.25, 0.3) is 0 Å². The number of para-hydroxylation sites is 1. The molecule has 1 atom stereocenters. The maximum atomic E-state index is 11.8. The Hall–Kier alpha value is -2.19. The summed E-state index contributed by atoms with van der Waals surface area (Å²) in [5.41, 5.74) is 0. The van der Waals surface area contributed by atoms with E-state index in [0.717, 1.165) is 17.8 Å². The number of hydrogen-bond acceptors (Lipinski definition) is 6. The fourth-order valence-electron chi connectivity index (χ4n) is 1.90. The monoisotopic (exact) mass is 334 g/mol. The zero-order chi connectivity index (χ0) is 16.1. The largest absolute Gasteiger partial charge is 0.491 e. The Bertz CT molecular complexity index is 645. The van der Waals surface area contributed by atoms with Crippen LogP contribution in [-0.2, 0) is 0 Å². The minimum absolute atomic E-state index is 0.0902. The first-order valence-corrected chi connectivity index (χ1v) is 8.26. The molecule has 1 aliphatic carbocycles. The third kappa shape index (κ3) is 4.90. The SMILES string of the molecule is O=C(NC[C@H](O)COc1ccccc1)Nc1nnc(C2CC2)s1. The number of amides is 2. The molecule has 3 N–H and O–H groups in total. The lowest BCUT2D eigenvalue weighted by Crippen LogP contribution is -2.37. The van der Waals surface area contributed by atoms with E-state index in [0.29, 0.717) is 16.8 Å². The number of urea groups is 1. The van der Waals surface area contributed by atoms with E-state index in [1.807, 2.05) is 18.2 Å². The number of rotatable bonds is 7. The molecular weight excluding hydrogens is 316 g/mol. The summed E-state index contributed by atoms with van der Waals surface area (Å²) in [5.74, 6) is 1.19. The number of aromatic nitrogens is 2. The normalized spacial score (nSPS) is 15.0. The number of carbonyl (C=O) groups excluding carboxylic acids is 1. The molecule has 2 aromatic rings. The highest BCUT2D eigenvalue weighted by atomic mass is 32.1. The van der Waals surface area contributed by atoms with Crippen LogP contribution in [0.5, 0.6) is 5.75 Å². The third-order valence-corrected chi connectivity index (χ3v) is 4.27. The molecule has 2 amide bonds. The molecule has 3 rings (SSSR count). The van der Waals surface area contributed by atoms with Gasteiger partial charge in [-0.05, 0) is 25.0 Å². The van der Waals surface area contributed by atoms with Gasteiger partial charge in [0.15, 0.2) is 0 Å². The summed E-state index contributed by atoms with van der Waals surface area (Å²) in [4.78, 5) is 11.8. The maximum Gasteiger partial charge on any atom is 0.321 e. The Balaban J connectivity index is 1.36. The van der Waals surface area contributed by atoms with Gasteiger partial charge in [-0.1, -0.05) is 29.5 Å². The van der Waals surface area contributed by atoms with E-state index in [1.165, 1.54) is 11.3 Å². The summed E-state index contributed by atoms with van der Waals surface area (Å²) in [6, 6.07) is 8.79. The number of nitrogens with one attached hydrogen (secondary N) is 2. The highest BCUT2D eigenvalue weighted by Crippen LogP contribution is 2.41. The van der Waals surface area contributed by atoms with Gasteiger partial charge in [-0.25, -0.2) is 4.79 Å². The second-order valence-electron chi connectivity index (χ2n) is 5.33. The fraction of sp³-hybridized carbons (Fsp3) is 0.400. The first-order chi connectivity index (χ1) is 11.2. The van der Waals surface area contributed by atoms with E-state index < -0.39 is 12.1 Å². The molecule has 0 bridgehead atoms. The Kier molecular flexibility index (Phi) is 5.04. The van der Waals surface area contributed by atoms with Crippen molar-refractivity contribution in [1.82, 2.24) is 15.5 Å². The van der Waals surface area contributed by atoms with E-state index in [9.17, 15) is 9.90 Å². The van der Waals surface area contributed by atoms with Crippen LogP contribution >= 0.6 is 11.3 Å². The molecule has 0 unspecified atom stereocenters. The molecule has 0 radical (unpaired) electrons. The van der Waals surface area contributed by atoms with Crippen molar-refractivity contribution in [3.63, 3.8) is 0 Å². The van der Waals surface area contributed by atoms with Crippen molar-refractivity contribution < 1.29 is 14.6 Å². The molecule has 0 spiro atoms. The molecule has 1 saturated carbocycles. The van der Waals surface area contributed by atoms with E-state index in [4.69, 9.17) is 4.74 Å². The number of hydrogen-bond donors (Lipinski definition) is 3. The van der Waals surface area contributed by atoms with Gasteiger partial charge in [-0.2, -0.15) is 0 Å². The Morgan fingerprint density at radius 3 is 2.87 bits per heavy atom. The molecule has 8 heteroatoms. The van der Waals surface area contributed by atoms with Crippen molar-refractivity contribution in [3.8, 4) is 5.75 Å². The summed E-state index contributed by atoms with van der Waals surface area (Å²) in [7, 11) is 0. The summed E-state index contributed by atoms with van der Waals surface area (Å²) >= 11 is 1.39. The zero-order valence-corrected chi connectivity index (χ0v) is 13.3. The van der Waals surface area contributed by atoms with Crippen molar-refractivity contribution in [2.24, 2.45) is 0 Å². The molecule has 1 heterocycles. The van der Waals surface area contributed by atoms with Crippen LogP contribution < -0.4 is 15.4 Å². The smallest absolute Gasteiger partial charge is 0.321 e. The van der Waals surface area contributed by atoms with E-state index in [2.05, 4.69) is 20.8 Å². The van der Waals surface area contributed by atoms with Gasteiger partial charge < -0.3 is 15.2 Å². The lowest BCUT2D eigenvalue weighted by molar-refractivity contribution is 0.108. The number of ether oxygens (including phenoxy) is 1. The number of aliphatic hydroxyl groups is 1. The molecule has 0 saturated heterocycles. The molecule has 1 fully saturated rings. The van der Waals surface area contributed by atoms with Crippen molar-refractivity contribution in [2.45, 2.75) is 24.9 Å². The van der Waals surface area contributed by atoms with Gasteiger partial charge in [-0.15, -0.1) is 10.2 Å². The van der Waals surface area contributed by atoms with Crippen LogP contribution in [0.3, 0.4) is 0 Å². The van der Waals surface area contributed by atoms with Crippen LogP contribution in [-0.4, -0.2) is 40.6 Å². The van der Waals surface area contributed by atoms with Crippen molar-refractivity contribution in [1.29, 1.82) is 0 Å². The number of carbonyl (C=O) groups is 1. The molecule has 1 aromatic heterocycles.